The van der Waals surface area contributed by atoms with Crippen molar-refractivity contribution < 1.29 is 14.3 Å². The Labute approximate surface area is 241 Å². The van der Waals surface area contributed by atoms with Gasteiger partial charge in [0, 0.05) is 19.0 Å². The lowest BCUT2D eigenvalue weighted by molar-refractivity contribution is -0.143. The highest BCUT2D eigenvalue weighted by Crippen LogP contribution is 2.26. The fourth-order valence-corrected chi connectivity index (χ4v) is 5.45. The summed E-state index contributed by atoms with van der Waals surface area (Å²) < 4.78 is 6.07. The molecule has 206 valence electrons. The first kappa shape index (κ1) is 29.0. The third kappa shape index (κ3) is 7.77. The highest BCUT2D eigenvalue weighted by Gasteiger charge is 2.32. The number of nitrogens with zero attached hydrogens (tertiary/aromatic N) is 1. The van der Waals surface area contributed by atoms with Crippen LogP contribution in [0.15, 0.2) is 60.7 Å². The van der Waals surface area contributed by atoms with Crippen LogP contribution in [0.5, 0.6) is 5.75 Å². The van der Waals surface area contributed by atoms with Gasteiger partial charge in [0.05, 0.1) is 10.0 Å². The smallest absolute Gasteiger partial charge is 0.261 e. The van der Waals surface area contributed by atoms with Gasteiger partial charge in [0.1, 0.15) is 11.8 Å². The van der Waals surface area contributed by atoms with Crippen LogP contribution in [0, 0.1) is 20.8 Å². The number of nitrogens with one attached hydrogen (secondary N) is 1. The SMILES string of the molecule is Cc1cc(C)c(C)c(OCC(=O)N(Cc2ccc(Cl)c(Cl)c2)[C@@H](Cc2ccccc2)C(=O)NC2CCCC2)c1. The normalized spacial score (nSPS) is 14.2. The lowest BCUT2D eigenvalue weighted by Gasteiger charge is -2.32. The quantitative estimate of drug-likeness (QED) is 0.287. The minimum Gasteiger partial charge on any atom is -0.483 e. The molecule has 0 unspecified atom stereocenters. The topological polar surface area (TPSA) is 58.6 Å². The maximum absolute atomic E-state index is 13.9. The molecule has 0 radical (unpaired) electrons. The Kier molecular flexibility index (Phi) is 9.93. The van der Waals surface area contributed by atoms with Gasteiger partial charge in [0.15, 0.2) is 6.61 Å². The lowest BCUT2D eigenvalue weighted by atomic mass is 10.0. The highest BCUT2D eigenvalue weighted by molar-refractivity contribution is 6.42. The molecule has 1 saturated carbocycles. The van der Waals surface area contributed by atoms with E-state index >= 15 is 0 Å². The zero-order chi connectivity index (χ0) is 27.9. The van der Waals surface area contributed by atoms with E-state index in [-0.39, 0.29) is 31.0 Å². The predicted octanol–water partition coefficient (Wildman–Crippen LogP) is 7.00. The van der Waals surface area contributed by atoms with E-state index in [1.54, 1.807) is 17.0 Å². The van der Waals surface area contributed by atoms with Gasteiger partial charge in [0.2, 0.25) is 5.91 Å². The second-order valence-corrected chi connectivity index (χ2v) is 11.3. The molecule has 1 aliphatic carbocycles. The molecule has 2 amide bonds. The Bertz CT molecular complexity index is 1310. The average Bonchev–Trinajstić information content (AvgIpc) is 3.42. The molecule has 7 heteroatoms. The number of hydrogen-bond donors (Lipinski definition) is 1. The monoisotopic (exact) mass is 566 g/mol. The van der Waals surface area contributed by atoms with Crippen molar-refractivity contribution in [3.05, 3.63) is 98.5 Å². The molecule has 1 fully saturated rings. The van der Waals surface area contributed by atoms with Crippen LogP contribution in [0.1, 0.15) is 53.5 Å². The first-order chi connectivity index (χ1) is 18.7. The summed E-state index contributed by atoms with van der Waals surface area (Å²) in [6.45, 7) is 6.01. The molecule has 0 bridgehead atoms. The van der Waals surface area contributed by atoms with Crippen molar-refractivity contribution in [2.24, 2.45) is 0 Å². The lowest BCUT2D eigenvalue weighted by Crippen LogP contribution is -2.53. The number of hydrogen-bond acceptors (Lipinski definition) is 3. The van der Waals surface area contributed by atoms with E-state index in [4.69, 9.17) is 27.9 Å². The van der Waals surface area contributed by atoms with Crippen LogP contribution in [0.25, 0.3) is 0 Å². The van der Waals surface area contributed by atoms with Crippen molar-refractivity contribution in [3.8, 4) is 5.75 Å². The minimum absolute atomic E-state index is 0.131. The number of ether oxygens (including phenoxy) is 1. The summed E-state index contributed by atoms with van der Waals surface area (Å²) in [7, 11) is 0. The summed E-state index contributed by atoms with van der Waals surface area (Å²) in [4.78, 5) is 29.3. The van der Waals surface area contributed by atoms with E-state index in [9.17, 15) is 9.59 Å². The molecule has 3 aromatic rings. The van der Waals surface area contributed by atoms with Crippen molar-refractivity contribution in [3.63, 3.8) is 0 Å². The summed E-state index contributed by atoms with van der Waals surface area (Å²) >= 11 is 12.5. The number of halogens is 2. The summed E-state index contributed by atoms with van der Waals surface area (Å²) in [6.07, 6.45) is 4.50. The van der Waals surface area contributed by atoms with Gasteiger partial charge < -0.3 is 15.0 Å². The highest BCUT2D eigenvalue weighted by atomic mass is 35.5. The molecule has 1 aliphatic rings. The van der Waals surface area contributed by atoms with Gasteiger partial charge in [-0.15, -0.1) is 0 Å². The Hall–Kier alpha value is -3.02. The fourth-order valence-electron chi connectivity index (χ4n) is 5.13. The molecule has 5 nitrogen and oxygen atoms in total. The average molecular weight is 568 g/mol. The molecule has 39 heavy (non-hydrogen) atoms. The van der Waals surface area contributed by atoms with Gasteiger partial charge in [0.25, 0.3) is 5.91 Å². The molecule has 0 aromatic heterocycles. The zero-order valence-corrected chi connectivity index (χ0v) is 24.3. The third-order valence-electron chi connectivity index (χ3n) is 7.42. The van der Waals surface area contributed by atoms with E-state index in [1.165, 1.54) is 0 Å². The van der Waals surface area contributed by atoms with Crippen molar-refractivity contribution in [1.82, 2.24) is 10.2 Å². The van der Waals surface area contributed by atoms with Crippen LogP contribution < -0.4 is 10.1 Å². The van der Waals surface area contributed by atoms with Crippen LogP contribution in [-0.2, 0) is 22.6 Å². The zero-order valence-electron chi connectivity index (χ0n) is 22.8. The molecule has 1 atom stereocenters. The van der Waals surface area contributed by atoms with E-state index in [2.05, 4.69) is 11.4 Å². The van der Waals surface area contributed by atoms with Gasteiger partial charge in [-0.05, 0) is 79.6 Å². The summed E-state index contributed by atoms with van der Waals surface area (Å²) in [5.41, 5.74) is 4.91. The van der Waals surface area contributed by atoms with Gasteiger partial charge in [-0.2, -0.15) is 0 Å². The van der Waals surface area contributed by atoms with Gasteiger partial charge in [-0.3, -0.25) is 9.59 Å². The van der Waals surface area contributed by atoms with Crippen LogP contribution >= 0.6 is 23.2 Å². The largest absolute Gasteiger partial charge is 0.483 e. The van der Waals surface area contributed by atoms with Crippen molar-refractivity contribution in [2.45, 2.75) is 71.5 Å². The van der Waals surface area contributed by atoms with Gasteiger partial charge in [-0.25, -0.2) is 0 Å². The van der Waals surface area contributed by atoms with Gasteiger partial charge >= 0.3 is 0 Å². The number of amides is 2. The number of aryl methyl sites for hydroxylation is 2. The fraction of sp³-hybridized carbons (Fsp3) is 0.375. The van der Waals surface area contributed by atoms with Crippen molar-refractivity contribution >= 4 is 35.0 Å². The molecule has 0 aliphatic heterocycles. The molecule has 0 spiro atoms. The molecular formula is C32H36Cl2N2O3. The Morgan fingerprint density at radius 2 is 1.67 bits per heavy atom. The summed E-state index contributed by atoms with van der Waals surface area (Å²) in [5.74, 6) is 0.245. The van der Waals surface area contributed by atoms with E-state index in [1.807, 2.05) is 63.2 Å². The standard InChI is InChI=1S/C32H36Cl2N2O3/c1-21-15-22(2)23(3)30(16-21)39-20-31(37)36(19-25-13-14-27(33)28(34)17-25)29(18-24-9-5-4-6-10-24)32(38)35-26-11-7-8-12-26/h4-6,9-10,13-17,26,29H,7-8,11-12,18-20H2,1-3H3,(H,35,38)/t29-/m0/s1. The van der Waals surface area contributed by atoms with Crippen molar-refractivity contribution in [2.75, 3.05) is 6.61 Å². The van der Waals surface area contributed by atoms with E-state index in [0.29, 0.717) is 22.2 Å². The minimum atomic E-state index is -0.723. The van der Waals surface area contributed by atoms with Crippen LogP contribution in [-0.4, -0.2) is 35.4 Å². The maximum atomic E-state index is 13.9. The molecule has 1 N–H and O–H groups in total. The second-order valence-electron chi connectivity index (χ2n) is 10.5. The van der Waals surface area contributed by atoms with Crippen LogP contribution in [0.3, 0.4) is 0 Å². The molecule has 3 aromatic carbocycles. The van der Waals surface area contributed by atoms with Crippen LogP contribution in [0.4, 0.5) is 0 Å². The summed E-state index contributed by atoms with van der Waals surface area (Å²) in [5, 5.41) is 4.06. The number of carbonyl (C=O) groups is 2. The maximum Gasteiger partial charge on any atom is 0.261 e. The Morgan fingerprint density at radius 1 is 0.949 bits per heavy atom. The molecular weight excluding hydrogens is 531 g/mol. The van der Waals surface area contributed by atoms with Gasteiger partial charge in [-0.1, -0.05) is 78.5 Å². The molecule has 4 rings (SSSR count). The molecule has 0 heterocycles. The predicted molar refractivity (Wildman–Crippen MR) is 157 cm³/mol. The van der Waals surface area contributed by atoms with E-state index < -0.39 is 6.04 Å². The number of rotatable bonds is 10. The third-order valence-corrected chi connectivity index (χ3v) is 8.16. The molecule has 0 saturated heterocycles. The Morgan fingerprint density at radius 3 is 2.36 bits per heavy atom. The summed E-state index contributed by atoms with van der Waals surface area (Å²) in [6, 6.07) is 18.5. The number of carbonyl (C=O) groups excluding carboxylic acids is 2. The Balaban J connectivity index is 1.65. The number of benzene rings is 3. The first-order valence-electron chi connectivity index (χ1n) is 13.5. The van der Waals surface area contributed by atoms with Crippen LogP contribution in [0.2, 0.25) is 10.0 Å². The second kappa shape index (κ2) is 13.4. The van der Waals surface area contributed by atoms with Crippen molar-refractivity contribution in [1.29, 1.82) is 0 Å². The first-order valence-corrected chi connectivity index (χ1v) is 14.2. The van der Waals surface area contributed by atoms with E-state index in [0.717, 1.165) is 53.5 Å².